The van der Waals surface area contributed by atoms with Crippen LogP contribution in [0.1, 0.15) is 44.3 Å². The van der Waals surface area contributed by atoms with E-state index < -0.39 is 6.10 Å². The molecule has 4 heteroatoms. The van der Waals surface area contributed by atoms with Gasteiger partial charge < -0.3 is 14.8 Å². The molecule has 1 saturated carbocycles. The number of benzene rings is 1. The highest BCUT2D eigenvalue weighted by Gasteiger charge is 2.25. The summed E-state index contributed by atoms with van der Waals surface area (Å²) in [4.78, 5) is 12.3. The van der Waals surface area contributed by atoms with E-state index in [1.54, 1.807) is 0 Å². The summed E-state index contributed by atoms with van der Waals surface area (Å²) in [5.74, 6) is 0.537. The zero-order valence-corrected chi connectivity index (χ0v) is 12.9. The van der Waals surface area contributed by atoms with Gasteiger partial charge in [0.2, 0.25) is 5.91 Å². The number of amides is 1. The fraction of sp³-hybridized carbons (Fsp3) is 0.500. The van der Waals surface area contributed by atoms with E-state index in [2.05, 4.69) is 5.32 Å². The molecule has 118 valence electrons. The van der Waals surface area contributed by atoms with Crippen LogP contribution in [-0.2, 0) is 4.79 Å². The summed E-state index contributed by atoms with van der Waals surface area (Å²) in [6.07, 6.45) is 4.07. The fourth-order valence-electron chi connectivity index (χ4n) is 3.21. The topological polar surface area (TPSA) is 62.5 Å². The summed E-state index contributed by atoms with van der Waals surface area (Å²) in [5, 5.41) is 14.0. The van der Waals surface area contributed by atoms with Gasteiger partial charge in [0.05, 0.1) is 12.0 Å². The van der Waals surface area contributed by atoms with Crippen LogP contribution in [0.3, 0.4) is 0 Å². The van der Waals surface area contributed by atoms with Crippen molar-refractivity contribution in [2.75, 3.05) is 6.54 Å². The Morgan fingerprint density at radius 3 is 2.82 bits per heavy atom. The van der Waals surface area contributed by atoms with Crippen LogP contribution in [-0.4, -0.2) is 23.7 Å². The lowest BCUT2D eigenvalue weighted by Gasteiger charge is -2.19. The second kappa shape index (κ2) is 6.53. The minimum atomic E-state index is -0.436. The van der Waals surface area contributed by atoms with Crippen LogP contribution in [0.4, 0.5) is 0 Å². The van der Waals surface area contributed by atoms with E-state index in [0.717, 1.165) is 23.8 Å². The number of hydrogen-bond acceptors (Lipinski definition) is 3. The lowest BCUT2D eigenvalue weighted by Crippen LogP contribution is -2.37. The van der Waals surface area contributed by atoms with Gasteiger partial charge in [-0.25, -0.2) is 0 Å². The highest BCUT2D eigenvalue weighted by molar-refractivity contribution is 5.85. The van der Waals surface area contributed by atoms with Gasteiger partial charge in [0.25, 0.3) is 0 Å². The van der Waals surface area contributed by atoms with Gasteiger partial charge >= 0.3 is 0 Å². The minimum absolute atomic E-state index is 0.101. The maximum Gasteiger partial charge on any atom is 0.230 e. The van der Waals surface area contributed by atoms with Crippen LogP contribution in [0.15, 0.2) is 34.7 Å². The number of carbonyl (C=O) groups excluding carboxylic acids is 1. The molecule has 0 spiro atoms. The normalized spacial score (nSPS) is 18.5. The van der Waals surface area contributed by atoms with Crippen molar-refractivity contribution in [3.8, 4) is 0 Å². The Morgan fingerprint density at radius 1 is 1.36 bits per heavy atom. The lowest BCUT2D eigenvalue weighted by molar-refractivity contribution is -0.123. The summed E-state index contributed by atoms with van der Waals surface area (Å²) in [5.41, 5.74) is 0.795. The maximum atomic E-state index is 12.3. The van der Waals surface area contributed by atoms with Gasteiger partial charge in [0.1, 0.15) is 11.3 Å². The van der Waals surface area contributed by atoms with Gasteiger partial charge in [0, 0.05) is 11.9 Å². The van der Waals surface area contributed by atoms with Gasteiger partial charge in [-0.05, 0) is 37.8 Å². The van der Waals surface area contributed by atoms with Gasteiger partial charge in [-0.3, -0.25) is 4.79 Å². The van der Waals surface area contributed by atoms with Crippen molar-refractivity contribution < 1.29 is 14.3 Å². The summed E-state index contributed by atoms with van der Waals surface area (Å²) >= 11 is 0. The quantitative estimate of drug-likeness (QED) is 0.891. The SMILES string of the molecule is CC(C(=O)NCC(O)C1CCCC1)c1cc2ccccc2o1. The number of hydrogen-bond donors (Lipinski definition) is 2. The summed E-state index contributed by atoms with van der Waals surface area (Å²) in [6.45, 7) is 2.16. The Hall–Kier alpha value is -1.81. The third-order valence-corrected chi connectivity index (χ3v) is 4.69. The Labute approximate surface area is 130 Å². The first-order valence-electron chi connectivity index (χ1n) is 8.09. The molecule has 0 aliphatic heterocycles. The summed E-state index contributed by atoms with van der Waals surface area (Å²) < 4.78 is 5.73. The molecule has 1 heterocycles. The molecule has 1 fully saturated rings. The molecule has 4 nitrogen and oxygen atoms in total. The minimum Gasteiger partial charge on any atom is -0.460 e. The van der Waals surface area contributed by atoms with Crippen molar-refractivity contribution in [3.63, 3.8) is 0 Å². The van der Waals surface area contributed by atoms with E-state index in [-0.39, 0.29) is 11.8 Å². The van der Waals surface area contributed by atoms with E-state index in [9.17, 15) is 9.90 Å². The van der Waals surface area contributed by atoms with Crippen molar-refractivity contribution in [3.05, 3.63) is 36.1 Å². The van der Waals surface area contributed by atoms with Gasteiger partial charge in [0.15, 0.2) is 0 Å². The van der Waals surface area contributed by atoms with Crippen LogP contribution < -0.4 is 5.32 Å². The van der Waals surface area contributed by atoms with Crippen LogP contribution in [0, 0.1) is 5.92 Å². The molecule has 0 saturated heterocycles. The molecule has 0 radical (unpaired) electrons. The molecule has 3 rings (SSSR count). The third-order valence-electron chi connectivity index (χ3n) is 4.69. The van der Waals surface area contributed by atoms with E-state index in [1.807, 2.05) is 37.3 Å². The zero-order chi connectivity index (χ0) is 15.5. The van der Waals surface area contributed by atoms with Gasteiger partial charge in [-0.15, -0.1) is 0 Å². The van der Waals surface area contributed by atoms with Crippen molar-refractivity contribution in [2.45, 2.75) is 44.6 Å². The van der Waals surface area contributed by atoms with Gasteiger partial charge in [-0.1, -0.05) is 31.0 Å². The molecule has 2 unspecified atom stereocenters. The highest BCUT2D eigenvalue weighted by Crippen LogP contribution is 2.28. The number of carbonyl (C=O) groups is 1. The number of nitrogens with one attached hydrogen (secondary N) is 1. The Kier molecular flexibility index (Phi) is 4.48. The zero-order valence-electron chi connectivity index (χ0n) is 12.9. The standard InChI is InChI=1S/C18H23NO3/c1-12(17-10-14-8-4-5-9-16(14)22-17)18(21)19-11-15(20)13-6-2-3-7-13/h4-5,8-10,12-13,15,20H,2-3,6-7,11H2,1H3,(H,19,21). The first kappa shape index (κ1) is 15.1. The van der Waals surface area contributed by atoms with Gasteiger partial charge in [-0.2, -0.15) is 0 Å². The summed E-state index contributed by atoms with van der Waals surface area (Å²) in [6, 6.07) is 9.64. The van der Waals surface area contributed by atoms with E-state index in [4.69, 9.17) is 4.42 Å². The predicted octanol–water partition coefficient (Wildman–Crippen LogP) is 3.20. The van der Waals surface area contributed by atoms with Crippen LogP contribution in [0.5, 0.6) is 0 Å². The number of para-hydroxylation sites is 1. The third kappa shape index (κ3) is 3.17. The molecule has 0 bridgehead atoms. The lowest BCUT2D eigenvalue weighted by atomic mass is 10.0. The van der Waals surface area contributed by atoms with Crippen LogP contribution in [0.2, 0.25) is 0 Å². The highest BCUT2D eigenvalue weighted by atomic mass is 16.3. The Morgan fingerprint density at radius 2 is 2.09 bits per heavy atom. The monoisotopic (exact) mass is 301 g/mol. The number of rotatable bonds is 5. The first-order chi connectivity index (χ1) is 10.6. The average Bonchev–Trinajstić information content (AvgIpc) is 3.20. The van der Waals surface area contributed by atoms with Crippen LogP contribution >= 0.6 is 0 Å². The largest absolute Gasteiger partial charge is 0.460 e. The fourth-order valence-corrected chi connectivity index (χ4v) is 3.21. The van der Waals surface area contributed by atoms with Crippen LogP contribution in [0.25, 0.3) is 11.0 Å². The second-order valence-electron chi connectivity index (χ2n) is 6.27. The molecule has 2 aromatic rings. The van der Waals surface area contributed by atoms with Crippen molar-refractivity contribution in [2.24, 2.45) is 5.92 Å². The molecule has 1 aromatic heterocycles. The predicted molar refractivity (Wildman–Crippen MR) is 85.6 cm³/mol. The first-order valence-corrected chi connectivity index (χ1v) is 8.09. The van der Waals surface area contributed by atoms with Crippen molar-refractivity contribution in [1.82, 2.24) is 5.32 Å². The summed E-state index contributed by atoms with van der Waals surface area (Å²) in [7, 11) is 0. The molecular weight excluding hydrogens is 278 g/mol. The van der Waals surface area contributed by atoms with E-state index in [0.29, 0.717) is 18.2 Å². The number of furan rings is 1. The maximum absolute atomic E-state index is 12.3. The second-order valence-corrected chi connectivity index (χ2v) is 6.27. The number of aliphatic hydroxyl groups excluding tert-OH is 1. The Balaban J connectivity index is 1.59. The molecule has 1 amide bonds. The molecular formula is C18H23NO3. The Bertz CT molecular complexity index is 610. The smallest absolute Gasteiger partial charge is 0.230 e. The van der Waals surface area contributed by atoms with Crippen molar-refractivity contribution in [1.29, 1.82) is 0 Å². The molecule has 2 N–H and O–H groups in total. The van der Waals surface area contributed by atoms with E-state index in [1.165, 1.54) is 12.8 Å². The molecule has 1 aromatic carbocycles. The molecule has 22 heavy (non-hydrogen) atoms. The molecule has 1 aliphatic rings. The molecule has 2 atom stereocenters. The van der Waals surface area contributed by atoms with E-state index >= 15 is 0 Å². The average molecular weight is 301 g/mol. The molecule has 1 aliphatic carbocycles. The van der Waals surface area contributed by atoms with Crippen molar-refractivity contribution >= 4 is 16.9 Å². The number of fused-ring (bicyclic) bond motifs is 1. The number of aliphatic hydroxyl groups is 1.